The molecular formula is C25H26N2O3. The third kappa shape index (κ3) is 4.72. The van der Waals surface area contributed by atoms with Crippen LogP contribution < -0.4 is 5.69 Å². The summed E-state index contributed by atoms with van der Waals surface area (Å²) in [7, 11) is 0. The Bertz CT molecular complexity index is 1130. The first kappa shape index (κ1) is 21.2. The van der Waals surface area contributed by atoms with Gasteiger partial charge in [-0.3, -0.25) is 9.13 Å². The van der Waals surface area contributed by atoms with E-state index < -0.39 is 5.97 Å². The molecule has 154 valence electrons. The lowest BCUT2D eigenvalue weighted by molar-refractivity contribution is 0.0697. The minimum Gasteiger partial charge on any atom is -0.478 e. The van der Waals surface area contributed by atoms with Crippen LogP contribution in [0.2, 0.25) is 0 Å². The number of benzene rings is 2. The second-order valence-electron chi connectivity index (χ2n) is 7.79. The Morgan fingerprint density at radius 1 is 1.13 bits per heavy atom. The van der Waals surface area contributed by atoms with Crippen molar-refractivity contribution in [3.05, 3.63) is 82.0 Å². The summed E-state index contributed by atoms with van der Waals surface area (Å²) in [5, 5.41) is 9.42. The Morgan fingerprint density at radius 2 is 1.83 bits per heavy atom. The average molecular weight is 402 g/mol. The molecule has 30 heavy (non-hydrogen) atoms. The van der Waals surface area contributed by atoms with Crippen LogP contribution in [-0.2, 0) is 19.5 Å². The summed E-state index contributed by atoms with van der Waals surface area (Å²) in [5.74, 6) is 2.06. The van der Waals surface area contributed by atoms with Crippen LogP contribution in [0.4, 0.5) is 0 Å². The molecule has 0 saturated carbocycles. The fourth-order valence-electron chi connectivity index (χ4n) is 3.57. The summed E-state index contributed by atoms with van der Waals surface area (Å²) in [6.45, 7) is 5.28. The number of nitrogens with zero attached hydrogens (tertiary/aromatic N) is 2. The fourth-order valence-corrected chi connectivity index (χ4v) is 3.57. The van der Waals surface area contributed by atoms with Gasteiger partial charge in [-0.25, -0.2) is 9.59 Å². The smallest absolute Gasteiger partial charge is 0.336 e. The second-order valence-corrected chi connectivity index (χ2v) is 7.79. The van der Waals surface area contributed by atoms with Crippen molar-refractivity contribution >= 4 is 5.97 Å². The van der Waals surface area contributed by atoms with E-state index in [1.54, 1.807) is 27.3 Å². The van der Waals surface area contributed by atoms with E-state index in [0.717, 1.165) is 16.8 Å². The predicted octanol–water partition coefficient (Wildman–Crippen LogP) is 4.29. The van der Waals surface area contributed by atoms with Gasteiger partial charge in [0.15, 0.2) is 0 Å². The molecule has 1 heterocycles. The van der Waals surface area contributed by atoms with E-state index in [1.807, 2.05) is 36.5 Å². The van der Waals surface area contributed by atoms with E-state index in [0.29, 0.717) is 37.4 Å². The minimum absolute atomic E-state index is 0.0315. The van der Waals surface area contributed by atoms with Crippen molar-refractivity contribution < 1.29 is 9.90 Å². The first-order valence-corrected chi connectivity index (χ1v) is 10.0. The molecule has 5 heteroatoms. The second kappa shape index (κ2) is 9.32. The Kier molecular flexibility index (Phi) is 6.58. The van der Waals surface area contributed by atoms with Gasteiger partial charge < -0.3 is 5.11 Å². The predicted molar refractivity (Wildman–Crippen MR) is 119 cm³/mol. The van der Waals surface area contributed by atoms with E-state index in [4.69, 9.17) is 6.42 Å². The first-order valence-electron chi connectivity index (χ1n) is 10.0. The van der Waals surface area contributed by atoms with Crippen LogP contribution in [0.5, 0.6) is 0 Å². The van der Waals surface area contributed by atoms with Gasteiger partial charge in [0.25, 0.3) is 0 Å². The molecule has 3 rings (SSSR count). The van der Waals surface area contributed by atoms with Crippen molar-refractivity contribution in [1.82, 2.24) is 9.13 Å². The fraction of sp³-hybridized carbons (Fsp3) is 0.280. The normalized spacial score (nSPS) is 10.9. The van der Waals surface area contributed by atoms with Crippen molar-refractivity contribution in [3.8, 4) is 23.5 Å². The Morgan fingerprint density at radius 3 is 2.47 bits per heavy atom. The number of aromatic carboxylic acids is 1. The van der Waals surface area contributed by atoms with Gasteiger partial charge in [-0.15, -0.1) is 12.3 Å². The monoisotopic (exact) mass is 402 g/mol. The van der Waals surface area contributed by atoms with Crippen LogP contribution in [0.25, 0.3) is 11.1 Å². The first-order chi connectivity index (χ1) is 14.4. The molecule has 0 bridgehead atoms. The van der Waals surface area contributed by atoms with Gasteiger partial charge in [0, 0.05) is 31.3 Å². The lowest BCUT2D eigenvalue weighted by Crippen LogP contribution is -2.26. The molecule has 1 N–H and O–H groups in total. The van der Waals surface area contributed by atoms with Gasteiger partial charge in [0.2, 0.25) is 0 Å². The summed E-state index contributed by atoms with van der Waals surface area (Å²) in [5.41, 5.74) is 3.64. The molecule has 0 fully saturated rings. The molecule has 0 radical (unpaired) electrons. The molecule has 5 nitrogen and oxygen atoms in total. The van der Waals surface area contributed by atoms with E-state index in [2.05, 4.69) is 19.8 Å². The molecule has 0 atom stereocenters. The third-order valence-corrected chi connectivity index (χ3v) is 4.98. The molecule has 0 unspecified atom stereocenters. The van der Waals surface area contributed by atoms with Crippen molar-refractivity contribution in [2.75, 3.05) is 0 Å². The highest BCUT2D eigenvalue weighted by molar-refractivity contribution is 5.95. The SMILES string of the molecule is C#CCCc1cn(CC(C)C)c(=O)n1Cc1ccc(-c2ccccc2C(=O)O)cc1. The number of carbonyl (C=O) groups is 1. The quantitative estimate of drug-likeness (QED) is 0.572. The van der Waals surface area contributed by atoms with Crippen molar-refractivity contribution in [2.24, 2.45) is 5.92 Å². The molecule has 2 aromatic carbocycles. The van der Waals surface area contributed by atoms with E-state index in [1.165, 1.54) is 0 Å². The number of carboxylic acids is 1. The van der Waals surface area contributed by atoms with E-state index in [-0.39, 0.29) is 11.3 Å². The zero-order valence-electron chi connectivity index (χ0n) is 17.3. The van der Waals surface area contributed by atoms with Gasteiger partial charge in [0.1, 0.15) is 0 Å². The molecule has 0 aliphatic carbocycles. The van der Waals surface area contributed by atoms with Crippen LogP contribution >= 0.6 is 0 Å². The maximum Gasteiger partial charge on any atom is 0.336 e. The highest BCUT2D eigenvalue weighted by atomic mass is 16.4. The van der Waals surface area contributed by atoms with Gasteiger partial charge in [-0.2, -0.15) is 0 Å². The topological polar surface area (TPSA) is 64.2 Å². The number of terminal acetylenes is 1. The van der Waals surface area contributed by atoms with Crippen molar-refractivity contribution in [2.45, 2.75) is 39.8 Å². The zero-order chi connectivity index (χ0) is 21.7. The molecular weight excluding hydrogens is 376 g/mol. The summed E-state index contributed by atoms with van der Waals surface area (Å²) in [4.78, 5) is 24.4. The van der Waals surface area contributed by atoms with Crippen molar-refractivity contribution in [3.63, 3.8) is 0 Å². The summed E-state index contributed by atoms with van der Waals surface area (Å²) < 4.78 is 3.54. The summed E-state index contributed by atoms with van der Waals surface area (Å²) in [6, 6.07) is 14.6. The van der Waals surface area contributed by atoms with Crippen LogP contribution in [0.3, 0.4) is 0 Å². The van der Waals surface area contributed by atoms with E-state index >= 15 is 0 Å². The van der Waals surface area contributed by atoms with Gasteiger partial charge in [-0.05, 0) is 28.7 Å². The number of imidazole rings is 1. The lowest BCUT2D eigenvalue weighted by Gasteiger charge is -2.09. The summed E-state index contributed by atoms with van der Waals surface area (Å²) in [6.07, 6.45) is 8.57. The third-order valence-electron chi connectivity index (χ3n) is 4.98. The molecule has 0 aliphatic rings. The standard InChI is InChI=1S/C25H26N2O3/c1-4-5-8-21-17-26(15-18(2)3)25(30)27(21)16-19-11-13-20(14-12-19)22-9-6-7-10-23(22)24(28)29/h1,6-7,9-14,17-18H,5,8,15-16H2,2-3H3,(H,28,29). The van der Waals surface area contributed by atoms with Gasteiger partial charge in [0.05, 0.1) is 12.1 Å². The molecule has 0 spiro atoms. The van der Waals surface area contributed by atoms with Crippen molar-refractivity contribution in [1.29, 1.82) is 0 Å². The summed E-state index contributed by atoms with van der Waals surface area (Å²) >= 11 is 0. The maximum absolute atomic E-state index is 12.9. The molecule has 0 amide bonds. The van der Waals surface area contributed by atoms with Crippen LogP contribution in [-0.4, -0.2) is 20.2 Å². The number of aromatic nitrogens is 2. The molecule has 3 aromatic rings. The zero-order valence-corrected chi connectivity index (χ0v) is 17.3. The maximum atomic E-state index is 12.9. The molecule has 0 saturated heterocycles. The van der Waals surface area contributed by atoms with Crippen LogP contribution in [0.1, 0.15) is 41.9 Å². The minimum atomic E-state index is -0.953. The van der Waals surface area contributed by atoms with E-state index in [9.17, 15) is 14.7 Å². The number of hydrogen-bond donors (Lipinski definition) is 1. The Labute approximate surface area is 176 Å². The lowest BCUT2D eigenvalue weighted by atomic mass is 9.99. The number of hydrogen-bond acceptors (Lipinski definition) is 2. The Balaban J connectivity index is 1.90. The highest BCUT2D eigenvalue weighted by Crippen LogP contribution is 2.24. The number of rotatable bonds is 8. The highest BCUT2D eigenvalue weighted by Gasteiger charge is 2.14. The molecule has 0 aliphatic heterocycles. The van der Waals surface area contributed by atoms with Crippen LogP contribution in [0.15, 0.2) is 59.5 Å². The average Bonchev–Trinajstić information content (AvgIpc) is 3.01. The Hall–Kier alpha value is -3.52. The molecule has 1 aromatic heterocycles. The van der Waals surface area contributed by atoms with Crippen LogP contribution in [0, 0.1) is 18.3 Å². The number of carboxylic acid groups (broad SMARTS) is 1. The number of aryl methyl sites for hydroxylation is 1. The van der Waals surface area contributed by atoms with Gasteiger partial charge in [-0.1, -0.05) is 56.3 Å². The largest absolute Gasteiger partial charge is 0.478 e. The van der Waals surface area contributed by atoms with Gasteiger partial charge >= 0.3 is 11.7 Å².